The Labute approximate surface area is 259 Å². The molecule has 10 rings (SSSR count). The SMILES string of the molecule is c1cc(-c2ccc(-c3ccc4c5cccc6c5n(c4c3)-c3ccccc3O6)cc2)cc(-n2c3ccccc3c3ccccc32)c1. The van der Waals surface area contributed by atoms with Crippen LogP contribution in [-0.4, -0.2) is 9.13 Å². The number of hydrogen-bond acceptors (Lipinski definition) is 1. The van der Waals surface area contributed by atoms with Crippen LogP contribution in [0.5, 0.6) is 11.5 Å². The number of rotatable bonds is 3. The summed E-state index contributed by atoms with van der Waals surface area (Å²) >= 11 is 0. The van der Waals surface area contributed by atoms with Crippen LogP contribution in [0.4, 0.5) is 0 Å². The topological polar surface area (TPSA) is 19.1 Å². The van der Waals surface area contributed by atoms with Crippen LogP contribution in [0, 0.1) is 0 Å². The summed E-state index contributed by atoms with van der Waals surface area (Å²) in [5, 5.41) is 4.99. The molecule has 1 aliphatic rings. The Hall–Kier alpha value is -6.06. The molecule has 0 aliphatic carbocycles. The fourth-order valence-corrected chi connectivity index (χ4v) is 7.27. The summed E-state index contributed by atoms with van der Waals surface area (Å²) in [6, 6.07) is 56.6. The molecule has 3 heteroatoms. The Kier molecular flexibility index (Phi) is 5.00. The van der Waals surface area contributed by atoms with E-state index in [9.17, 15) is 0 Å². The maximum absolute atomic E-state index is 6.30. The van der Waals surface area contributed by atoms with Gasteiger partial charge in [-0.25, -0.2) is 0 Å². The van der Waals surface area contributed by atoms with E-state index >= 15 is 0 Å². The second-order valence-electron chi connectivity index (χ2n) is 11.8. The number of benzene rings is 7. The van der Waals surface area contributed by atoms with Crippen molar-refractivity contribution in [2.75, 3.05) is 0 Å². The third kappa shape index (κ3) is 3.52. The van der Waals surface area contributed by atoms with Gasteiger partial charge in [0.25, 0.3) is 0 Å². The van der Waals surface area contributed by atoms with Crippen molar-refractivity contribution < 1.29 is 4.74 Å². The van der Waals surface area contributed by atoms with E-state index in [0.717, 1.165) is 28.4 Å². The van der Waals surface area contributed by atoms with Crippen LogP contribution in [0.2, 0.25) is 0 Å². The van der Waals surface area contributed by atoms with Crippen LogP contribution in [0.3, 0.4) is 0 Å². The highest BCUT2D eigenvalue weighted by Crippen LogP contribution is 2.45. The van der Waals surface area contributed by atoms with Gasteiger partial charge in [-0.05, 0) is 70.8 Å². The molecule has 7 aromatic carbocycles. The molecule has 0 saturated heterocycles. The van der Waals surface area contributed by atoms with E-state index in [4.69, 9.17) is 4.74 Å². The number of fused-ring (bicyclic) bond motifs is 8. The van der Waals surface area contributed by atoms with Crippen molar-refractivity contribution in [1.82, 2.24) is 9.13 Å². The lowest BCUT2D eigenvalue weighted by Crippen LogP contribution is -2.03. The zero-order valence-corrected chi connectivity index (χ0v) is 24.3. The third-order valence-corrected chi connectivity index (χ3v) is 9.31. The molecule has 210 valence electrons. The second-order valence-corrected chi connectivity index (χ2v) is 11.8. The van der Waals surface area contributed by atoms with Crippen LogP contribution in [0.25, 0.3) is 77.2 Å². The zero-order valence-electron chi connectivity index (χ0n) is 24.3. The van der Waals surface area contributed by atoms with E-state index < -0.39 is 0 Å². The standard InChI is InChI=1S/C42H26N2O/c1-3-14-36-32(11-1)33-12-2-4-15-37(33)43(36)31-10-7-9-29(25-31)27-19-21-28(22-20-27)30-23-24-34-35-13-8-18-41-42(35)44(39(34)26-30)38-16-5-6-17-40(38)45-41/h1-26H. The first-order valence-corrected chi connectivity index (χ1v) is 15.4. The monoisotopic (exact) mass is 574 g/mol. The van der Waals surface area contributed by atoms with Gasteiger partial charge in [0.1, 0.15) is 0 Å². The lowest BCUT2D eigenvalue weighted by atomic mass is 9.99. The van der Waals surface area contributed by atoms with Gasteiger partial charge < -0.3 is 13.9 Å². The largest absolute Gasteiger partial charge is 0.453 e. The van der Waals surface area contributed by atoms with Crippen molar-refractivity contribution in [3.05, 3.63) is 158 Å². The zero-order chi connectivity index (χ0) is 29.5. The van der Waals surface area contributed by atoms with E-state index in [1.807, 2.05) is 12.1 Å². The molecule has 2 aromatic heterocycles. The van der Waals surface area contributed by atoms with E-state index in [0.29, 0.717) is 0 Å². The number of aromatic nitrogens is 2. The summed E-state index contributed by atoms with van der Waals surface area (Å²) in [7, 11) is 0. The molecule has 3 heterocycles. The van der Waals surface area contributed by atoms with Gasteiger partial charge in [-0.1, -0.05) is 109 Å². The first kappa shape index (κ1) is 24.4. The van der Waals surface area contributed by atoms with Gasteiger partial charge in [0.05, 0.1) is 27.8 Å². The Balaban J connectivity index is 1.07. The quantitative estimate of drug-likeness (QED) is 0.205. The van der Waals surface area contributed by atoms with Crippen LogP contribution >= 0.6 is 0 Å². The highest BCUT2D eigenvalue weighted by atomic mass is 16.5. The highest BCUT2D eigenvalue weighted by Gasteiger charge is 2.23. The third-order valence-electron chi connectivity index (χ3n) is 9.31. The van der Waals surface area contributed by atoms with Crippen molar-refractivity contribution in [1.29, 1.82) is 0 Å². The van der Waals surface area contributed by atoms with E-state index in [-0.39, 0.29) is 0 Å². The Morgan fingerprint density at radius 3 is 1.71 bits per heavy atom. The molecule has 0 spiro atoms. The molecule has 9 aromatic rings. The van der Waals surface area contributed by atoms with Crippen LogP contribution in [-0.2, 0) is 0 Å². The molecule has 45 heavy (non-hydrogen) atoms. The normalized spacial score (nSPS) is 12.2. The molecule has 0 fully saturated rings. The molecular formula is C42H26N2O. The van der Waals surface area contributed by atoms with Crippen molar-refractivity contribution in [2.24, 2.45) is 0 Å². The summed E-state index contributed by atoms with van der Waals surface area (Å²) < 4.78 is 11.0. The van der Waals surface area contributed by atoms with E-state index in [2.05, 4.69) is 155 Å². The Morgan fingerprint density at radius 2 is 0.933 bits per heavy atom. The fourth-order valence-electron chi connectivity index (χ4n) is 7.27. The predicted octanol–water partition coefficient (Wildman–Crippen LogP) is 11.3. The minimum atomic E-state index is 0.882. The smallest absolute Gasteiger partial charge is 0.152 e. The molecule has 0 saturated carbocycles. The van der Waals surface area contributed by atoms with E-state index in [1.54, 1.807) is 0 Å². The van der Waals surface area contributed by atoms with E-state index in [1.165, 1.54) is 60.3 Å². The van der Waals surface area contributed by atoms with Gasteiger partial charge in [-0.15, -0.1) is 0 Å². The second kappa shape index (κ2) is 9.22. The molecule has 1 aliphatic heterocycles. The van der Waals surface area contributed by atoms with Gasteiger partial charge in [0.15, 0.2) is 11.5 Å². The maximum atomic E-state index is 6.30. The number of ether oxygens (including phenoxy) is 1. The molecule has 0 unspecified atom stereocenters. The first-order valence-electron chi connectivity index (χ1n) is 15.4. The molecule has 0 bridgehead atoms. The highest BCUT2D eigenvalue weighted by molar-refractivity contribution is 6.13. The Bertz CT molecular complexity index is 2570. The van der Waals surface area contributed by atoms with Crippen LogP contribution in [0.1, 0.15) is 0 Å². The molecule has 0 N–H and O–H groups in total. The average molecular weight is 575 g/mol. The predicted molar refractivity (Wildman–Crippen MR) is 186 cm³/mol. The fraction of sp³-hybridized carbons (Fsp3) is 0. The molecular weight excluding hydrogens is 548 g/mol. The minimum absolute atomic E-state index is 0.882. The number of hydrogen-bond donors (Lipinski definition) is 0. The molecule has 0 radical (unpaired) electrons. The van der Waals surface area contributed by atoms with Gasteiger partial charge >= 0.3 is 0 Å². The van der Waals surface area contributed by atoms with Crippen molar-refractivity contribution >= 4 is 43.6 Å². The van der Waals surface area contributed by atoms with Gasteiger partial charge in [0, 0.05) is 27.2 Å². The molecule has 3 nitrogen and oxygen atoms in total. The summed E-state index contributed by atoms with van der Waals surface area (Å²) in [5.74, 6) is 1.78. The first-order chi connectivity index (χ1) is 22.3. The summed E-state index contributed by atoms with van der Waals surface area (Å²) in [6.45, 7) is 0. The van der Waals surface area contributed by atoms with Gasteiger partial charge in [0.2, 0.25) is 0 Å². The van der Waals surface area contributed by atoms with Gasteiger partial charge in [-0.2, -0.15) is 0 Å². The van der Waals surface area contributed by atoms with Crippen LogP contribution < -0.4 is 4.74 Å². The van der Waals surface area contributed by atoms with Crippen molar-refractivity contribution in [3.63, 3.8) is 0 Å². The van der Waals surface area contributed by atoms with Gasteiger partial charge in [-0.3, -0.25) is 0 Å². The number of nitrogens with zero attached hydrogens (tertiary/aromatic N) is 2. The minimum Gasteiger partial charge on any atom is -0.453 e. The lowest BCUT2D eigenvalue weighted by molar-refractivity contribution is 0.476. The lowest BCUT2D eigenvalue weighted by Gasteiger charge is -2.20. The van der Waals surface area contributed by atoms with Crippen molar-refractivity contribution in [2.45, 2.75) is 0 Å². The Morgan fingerprint density at radius 1 is 0.356 bits per heavy atom. The summed E-state index contributed by atoms with van der Waals surface area (Å²) in [6.07, 6.45) is 0. The van der Waals surface area contributed by atoms with Crippen LogP contribution in [0.15, 0.2) is 158 Å². The summed E-state index contributed by atoms with van der Waals surface area (Å²) in [5.41, 5.74) is 11.8. The number of para-hydroxylation sites is 5. The summed E-state index contributed by atoms with van der Waals surface area (Å²) in [4.78, 5) is 0. The maximum Gasteiger partial charge on any atom is 0.152 e. The average Bonchev–Trinajstić information content (AvgIpc) is 3.62. The molecule has 0 amide bonds. The van der Waals surface area contributed by atoms with Crippen molar-refractivity contribution in [3.8, 4) is 45.1 Å². The molecule has 0 atom stereocenters.